The maximum absolute atomic E-state index is 13.3. The van der Waals surface area contributed by atoms with Gasteiger partial charge in [0.15, 0.2) is 5.71 Å². The number of piperidine rings is 1. The molecule has 2 aliphatic heterocycles. The first-order valence-electron chi connectivity index (χ1n) is 11.9. The molecule has 2 aromatic carbocycles. The largest absolute Gasteiger partial charge is 0.505 e. The summed E-state index contributed by atoms with van der Waals surface area (Å²) in [4.78, 5) is 39.9. The van der Waals surface area contributed by atoms with Crippen LogP contribution in [0.1, 0.15) is 42.4 Å². The lowest BCUT2D eigenvalue weighted by Crippen LogP contribution is -2.45. The number of hydrogen-bond donors (Lipinski definition) is 3. The van der Waals surface area contributed by atoms with E-state index in [2.05, 4.69) is 10.5 Å². The second-order valence-electron chi connectivity index (χ2n) is 9.33. The SMILES string of the molecule is CC1=CC(=O)N(c2ccc(C)c(C)c2)C(=O)C1=NNc1cccc(C2CCN(CC(=O)O)CC2)c1O. The molecule has 1 fully saturated rings. The Kier molecular flexibility index (Phi) is 7.21. The third-order valence-corrected chi connectivity index (χ3v) is 6.83. The monoisotopic (exact) mass is 490 g/mol. The van der Waals surface area contributed by atoms with Gasteiger partial charge in [0.2, 0.25) is 0 Å². The van der Waals surface area contributed by atoms with E-state index in [9.17, 15) is 19.5 Å². The number of likely N-dealkylation sites (tertiary alicyclic amines) is 1. The molecule has 2 heterocycles. The number of carbonyl (C=O) groups is 3. The van der Waals surface area contributed by atoms with Crippen molar-refractivity contribution in [2.45, 2.75) is 39.5 Å². The summed E-state index contributed by atoms with van der Waals surface area (Å²) in [6, 6.07) is 10.7. The molecule has 2 aliphatic rings. The molecular weight excluding hydrogens is 460 g/mol. The van der Waals surface area contributed by atoms with Gasteiger partial charge in [-0.05, 0) is 93.1 Å². The quantitative estimate of drug-likeness (QED) is 0.321. The first kappa shape index (κ1) is 25.1. The number of phenolic OH excluding ortho intramolecular Hbond substituents is 1. The molecule has 0 saturated carbocycles. The number of imide groups is 1. The van der Waals surface area contributed by atoms with E-state index >= 15 is 0 Å². The van der Waals surface area contributed by atoms with Crippen molar-refractivity contribution in [1.82, 2.24) is 4.90 Å². The molecule has 3 N–H and O–H groups in total. The third-order valence-electron chi connectivity index (χ3n) is 6.83. The van der Waals surface area contributed by atoms with Gasteiger partial charge in [0, 0.05) is 6.08 Å². The predicted molar refractivity (Wildman–Crippen MR) is 137 cm³/mol. The Morgan fingerprint density at radius 1 is 1.08 bits per heavy atom. The zero-order valence-electron chi connectivity index (χ0n) is 20.6. The summed E-state index contributed by atoms with van der Waals surface area (Å²) in [5, 5.41) is 24.2. The van der Waals surface area contributed by atoms with Gasteiger partial charge in [0.25, 0.3) is 11.8 Å². The van der Waals surface area contributed by atoms with Crippen LogP contribution >= 0.6 is 0 Å². The van der Waals surface area contributed by atoms with Crippen molar-refractivity contribution >= 4 is 34.9 Å². The number of phenols is 1. The highest BCUT2D eigenvalue weighted by atomic mass is 16.4. The number of carbonyl (C=O) groups excluding carboxylic acids is 2. The fraction of sp³-hybridized carbons (Fsp3) is 0.333. The minimum atomic E-state index is -0.846. The van der Waals surface area contributed by atoms with E-state index in [1.165, 1.54) is 6.08 Å². The molecule has 9 heteroatoms. The molecule has 0 bridgehead atoms. The van der Waals surface area contributed by atoms with Crippen LogP contribution in [0.25, 0.3) is 0 Å². The number of nitrogens with zero attached hydrogens (tertiary/aromatic N) is 3. The van der Waals surface area contributed by atoms with Gasteiger partial charge in [-0.15, -0.1) is 0 Å². The second-order valence-corrected chi connectivity index (χ2v) is 9.33. The Balaban J connectivity index is 1.54. The van der Waals surface area contributed by atoms with Crippen molar-refractivity contribution in [3.05, 3.63) is 64.7 Å². The average Bonchev–Trinajstić information content (AvgIpc) is 2.82. The van der Waals surface area contributed by atoms with Crippen LogP contribution in [0.2, 0.25) is 0 Å². The van der Waals surface area contributed by atoms with Crippen molar-refractivity contribution in [2.24, 2.45) is 5.10 Å². The van der Waals surface area contributed by atoms with Crippen LogP contribution in [-0.2, 0) is 14.4 Å². The number of para-hydroxylation sites is 1. The van der Waals surface area contributed by atoms with Gasteiger partial charge in [0.05, 0.1) is 17.9 Å². The first-order valence-corrected chi connectivity index (χ1v) is 11.9. The number of amides is 2. The molecule has 0 unspecified atom stereocenters. The van der Waals surface area contributed by atoms with Gasteiger partial charge >= 0.3 is 5.97 Å². The second kappa shape index (κ2) is 10.3. The zero-order chi connectivity index (χ0) is 26.0. The summed E-state index contributed by atoms with van der Waals surface area (Å²) >= 11 is 0. The molecule has 2 aromatic rings. The average molecular weight is 491 g/mol. The van der Waals surface area contributed by atoms with Crippen LogP contribution in [0.5, 0.6) is 5.75 Å². The van der Waals surface area contributed by atoms with Crippen LogP contribution in [0.15, 0.2) is 53.1 Å². The molecule has 4 rings (SSSR count). The lowest BCUT2D eigenvalue weighted by Gasteiger charge is -2.31. The van der Waals surface area contributed by atoms with E-state index in [-0.39, 0.29) is 23.9 Å². The van der Waals surface area contributed by atoms with E-state index < -0.39 is 17.8 Å². The number of anilines is 2. The van der Waals surface area contributed by atoms with Crippen molar-refractivity contribution in [3.63, 3.8) is 0 Å². The highest BCUT2D eigenvalue weighted by Crippen LogP contribution is 2.38. The van der Waals surface area contributed by atoms with Crippen molar-refractivity contribution in [2.75, 3.05) is 30.0 Å². The Morgan fingerprint density at radius 3 is 2.47 bits per heavy atom. The summed E-state index contributed by atoms with van der Waals surface area (Å²) in [5.41, 5.74) is 6.93. The molecule has 1 saturated heterocycles. The van der Waals surface area contributed by atoms with Gasteiger partial charge in [-0.1, -0.05) is 18.2 Å². The summed E-state index contributed by atoms with van der Waals surface area (Å²) in [6.07, 6.45) is 2.83. The zero-order valence-corrected chi connectivity index (χ0v) is 20.6. The Labute approximate surface area is 209 Å². The van der Waals surface area contributed by atoms with Crippen molar-refractivity contribution in [1.29, 1.82) is 0 Å². The topological polar surface area (TPSA) is 123 Å². The fourth-order valence-corrected chi connectivity index (χ4v) is 4.63. The van der Waals surface area contributed by atoms with Gasteiger partial charge in [-0.2, -0.15) is 5.10 Å². The number of aryl methyl sites for hydroxylation is 2. The molecule has 9 nitrogen and oxygen atoms in total. The number of rotatable bonds is 6. The maximum atomic E-state index is 13.3. The van der Waals surface area contributed by atoms with E-state index in [1.54, 1.807) is 31.2 Å². The van der Waals surface area contributed by atoms with Crippen LogP contribution in [0.3, 0.4) is 0 Å². The molecular formula is C27H30N4O5. The minimum absolute atomic E-state index is 0.0143. The Morgan fingerprint density at radius 2 is 1.81 bits per heavy atom. The maximum Gasteiger partial charge on any atom is 0.317 e. The van der Waals surface area contributed by atoms with Gasteiger partial charge in [-0.3, -0.25) is 24.7 Å². The third kappa shape index (κ3) is 5.16. The molecule has 36 heavy (non-hydrogen) atoms. The fourth-order valence-electron chi connectivity index (χ4n) is 4.63. The Bertz CT molecular complexity index is 1270. The van der Waals surface area contributed by atoms with Gasteiger partial charge in [-0.25, -0.2) is 4.90 Å². The van der Waals surface area contributed by atoms with E-state index in [4.69, 9.17) is 5.11 Å². The van der Waals surface area contributed by atoms with Crippen molar-refractivity contribution < 1.29 is 24.6 Å². The molecule has 0 aliphatic carbocycles. The normalized spacial score (nSPS) is 18.5. The number of nitrogens with one attached hydrogen (secondary N) is 1. The molecule has 0 atom stereocenters. The molecule has 188 valence electrons. The van der Waals surface area contributed by atoms with E-state index in [1.807, 2.05) is 30.9 Å². The number of aliphatic carboxylic acids is 1. The number of hydrogen-bond acceptors (Lipinski definition) is 7. The van der Waals surface area contributed by atoms with Gasteiger partial charge < -0.3 is 10.2 Å². The summed E-state index contributed by atoms with van der Waals surface area (Å²) in [7, 11) is 0. The van der Waals surface area contributed by atoms with Crippen molar-refractivity contribution in [3.8, 4) is 5.75 Å². The number of hydrazone groups is 1. The molecule has 0 radical (unpaired) electrons. The van der Waals surface area contributed by atoms with Gasteiger partial charge in [0.1, 0.15) is 5.75 Å². The van der Waals surface area contributed by atoms with Crippen LogP contribution in [0, 0.1) is 13.8 Å². The smallest absolute Gasteiger partial charge is 0.317 e. The first-order chi connectivity index (χ1) is 17.2. The summed E-state index contributed by atoms with van der Waals surface area (Å²) in [5.74, 6) is -1.69. The minimum Gasteiger partial charge on any atom is -0.505 e. The molecule has 0 aromatic heterocycles. The summed E-state index contributed by atoms with van der Waals surface area (Å²) in [6.45, 7) is 6.81. The number of carboxylic acid groups (broad SMARTS) is 1. The highest BCUT2D eigenvalue weighted by molar-refractivity contribution is 6.56. The van der Waals surface area contributed by atoms with Crippen LogP contribution in [0.4, 0.5) is 11.4 Å². The van der Waals surface area contributed by atoms with Crippen LogP contribution in [-0.4, -0.2) is 58.2 Å². The summed E-state index contributed by atoms with van der Waals surface area (Å²) < 4.78 is 0. The highest BCUT2D eigenvalue weighted by Gasteiger charge is 2.32. The van der Waals surface area contributed by atoms with E-state index in [0.29, 0.717) is 30.0 Å². The number of aromatic hydroxyl groups is 1. The lowest BCUT2D eigenvalue weighted by atomic mass is 9.88. The number of benzene rings is 2. The number of carboxylic acids is 1. The lowest BCUT2D eigenvalue weighted by molar-refractivity contribution is -0.138. The molecule has 2 amide bonds. The van der Waals surface area contributed by atoms with Crippen LogP contribution < -0.4 is 10.3 Å². The van der Waals surface area contributed by atoms with E-state index in [0.717, 1.165) is 34.4 Å². The molecule has 0 spiro atoms. The predicted octanol–water partition coefficient (Wildman–Crippen LogP) is 3.56. The Hall–Kier alpha value is -3.98. The standard InChI is InChI=1S/C27H30N4O5/c1-16-7-8-20(13-17(16)2)31-23(32)14-18(3)25(27(31)36)29-28-22-6-4-5-21(26(22)35)19-9-11-30(12-10-19)15-24(33)34/h4-8,13-14,19,28,35H,9-12,15H2,1-3H3,(H,33,34).